The molecule has 4 aromatic rings. The van der Waals surface area contributed by atoms with Crippen molar-refractivity contribution in [2.75, 3.05) is 13.7 Å². The Labute approximate surface area is 219 Å². The molecular formula is C32H33NO4. The molecule has 0 saturated carbocycles. The van der Waals surface area contributed by atoms with Crippen LogP contribution >= 0.6 is 0 Å². The lowest BCUT2D eigenvalue weighted by atomic mass is 9.99. The molecule has 5 nitrogen and oxygen atoms in total. The molecule has 0 radical (unpaired) electrons. The van der Waals surface area contributed by atoms with Crippen molar-refractivity contribution in [2.24, 2.45) is 0 Å². The molecule has 37 heavy (non-hydrogen) atoms. The van der Waals surface area contributed by atoms with Crippen molar-refractivity contribution < 1.29 is 19.0 Å². The number of carbonyl (C=O) groups excluding carboxylic acids is 1. The third-order valence-electron chi connectivity index (χ3n) is 6.18. The van der Waals surface area contributed by atoms with Gasteiger partial charge in [0, 0.05) is 18.3 Å². The van der Waals surface area contributed by atoms with Gasteiger partial charge in [-0.05, 0) is 96.5 Å². The lowest BCUT2D eigenvalue weighted by Crippen LogP contribution is -2.02. The summed E-state index contributed by atoms with van der Waals surface area (Å²) in [5.74, 6) is 1.49. The molecular weight excluding hydrogens is 462 g/mol. The first kappa shape index (κ1) is 26.0. The van der Waals surface area contributed by atoms with E-state index < -0.39 is 0 Å². The Morgan fingerprint density at radius 3 is 2.41 bits per heavy atom. The van der Waals surface area contributed by atoms with E-state index in [1.807, 2.05) is 54.7 Å². The highest BCUT2D eigenvalue weighted by Gasteiger charge is 2.07. The van der Waals surface area contributed by atoms with Gasteiger partial charge >= 0.3 is 5.97 Å². The van der Waals surface area contributed by atoms with Gasteiger partial charge in [0.2, 0.25) is 0 Å². The quantitative estimate of drug-likeness (QED) is 0.161. The highest BCUT2D eigenvalue weighted by molar-refractivity contribution is 5.69. The number of carbonyl (C=O) groups is 1. The molecule has 0 bridgehead atoms. The van der Waals surface area contributed by atoms with Crippen molar-refractivity contribution >= 4 is 5.97 Å². The summed E-state index contributed by atoms with van der Waals surface area (Å²) in [6.45, 7) is 3.25. The van der Waals surface area contributed by atoms with Crippen LogP contribution in [0.5, 0.6) is 11.5 Å². The van der Waals surface area contributed by atoms with E-state index in [0.29, 0.717) is 26.1 Å². The molecule has 190 valence electrons. The molecule has 0 amide bonds. The number of hydrogen-bond acceptors (Lipinski definition) is 5. The largest absolute Gasteiger partial charge is 0.494 e. The molecule has 0 atom stereocenters. The number of methoxy groups -OCH3 is 1. The minimum atomic E-state index is -0.200. The van der Waals surface area contributed by atoms with Gasteiger partial charge in [-0.2, -0.15) is 0 Å². The summed E-state index contributed by atoms with van der Waals surface area (Å²) in [5.41, 5.74) is 6.77. The Bertz CT molecular complexity index is 1290. The van der Waals surface area contributed by atoms with Gasteiger partial charge in [0.25, 0.3) is 0 Å². The van der Waals surface area contributed by atoms with Crippen molar-refractivity contribution in [3.63, 3.8) is 0 Å². The normalized spacial score (nSPS) is 10.6. The van der Waals surface area contributed by atoms with Crippen LogP contribution < -0.4 is 9.47 Å². The predicted molar refractivity (Wildman–Crippen MR) is 146 cm³/mol. The minimum absolute atomic E-state index is 0.200. The standard InChI is InChI=1S/C32H33NO4/c1-24-21-30(36-20-6-10-28-9-3-4-19-33-28)16-17-31(24)27-8-5-7-26(22-27)23-37-29-14-11-25(12-15-29)13-18-32(34)35-2/h3-5,7-9,11-12,14-17,19,21-22H,6,10,13,18,20,23H2,1-2H3. The second kappa shape index (κ2) is 13.3. The van der Waals surface area contributed by atoms with E-state index in [2.05, 4.69) is 48.3 Å². The number of rotatable bonds is 12. The summed E-state index contributed by atoms with van der Waals surface area (Å²) >= 11 is 0. The third-order valence-corrected chi connectivity index (χ3v) is 6.18. The van der Waals surface area contributed by atoms with E-state index in [4.69, 9.17) is 14.2 Å². The fourth-order valence-corrected chi connectivity index (χ4v) is 4.14. The van der Waals surface area contributed by atoms with Gasteiger partial charge in [-0.1, -0.05) is 42.5 Å². The van der Waals surface area contributed by atoms with Crippen molar-refractivity contribution in [2.45, 2.75) is 39.2 Å². The monoisotopic (exact) mass is 495 g/mol. The summed E-state index contributed by atoms with van der Waals surface area (Å²) in [6.07, 6.45) is 4.70. The SMILES string of the molecule is COC(=O)CCc1ccc(OCc2cccc(-c3ccc(OCCCc4ccccn4)cc3C)c2)cc1. The second-order valence-electron chi connectivity index (χ2n) is 8.96. The lowest BCUT2D eigenvalue weighted by molar-refractivity contribution is -0.140. The Balaban J connectivity index is 1.30. The Morgan fingerprint density at radius 2 is 1.65 bits per heavy atom. The molecule has 5 heteroatoms. The van der Waals surface area contributed by atoms with Gasteiger partial charge in [0.1, 0.15) is 18.1 Å². The summed E-state index contributed by atoms with van der Waals surface area (Å²) in [4.78, 5) is 15.7. The zero-order valence-corrected chi connectivity index (χ0v) is 21.5. The molecule has 0 aliphatic heterocycles. The first-order valence-electron chi connectivity index (χ1n) is 12.6. The van der Waals surface area contributed by atoms with Crippen LogP contribution in [0.4, 0.5) is 0 Å². The van der Waals surface area contributed by atoms with Crippen LogP contribution in [0.3, 0.4) is 0 Å². The molecule has 0 fully saturated rings. The number of nitrogens with zero attached hydrogens (tertiary/aromatic N) is 1. The molecule has 1 heterocycles. The lowest BCUT2D eigenvalue weighted by Gasteiger charge is -2.12. The van der Waals surface area contributed by atoms with Crippen LogP contribution in [-0.2, 0) is 29.0 Å². The predicted octanol–water partition coefficient (Wildman–Crippen LogP) is 6.75. The molecule has 4 rings (SSSR count). The zero-order valence-electron chi connectivity index (χ0n) is 21.5. The maximum Gasteiger partial charge on any atom is 0.305 e. The molecule has 0 spiro atoms. The molecule has 3 aromatic carbocycles. The van der Waals surface area contributed by atoms with Crippen molar-refractivity contribution in [3.8, 4) is 22.6 Å². The van der Waals surface area contributed by atoms with Gasteiger partial charge in [0.15, 0.2) is 0 Å². The summed E-state index contributed by atoms with van der Waals surface area (Å²) < 4.78 is 16.7. The smallest absolute Gasteiger partial charge is 0.305 e. The van der Waals surface area contributed by atoms with E-state index >= 15 is 0 Å². The Morgan fingerprint density at radius 1 is 0.811 bits per heavy atom. The van der Waals surface area contributed by atoms with Crippen molar-refractivity contribution in [3.05, 3.63) is 114 Å². The van der Waals surface area contributed by atoms with Crippen LogP contribution in [0.15, 0.2) is 91.1 Å². The molecule has 1 aromatic heterocycles. The highest BCUT2D eigenvalue weighted by Crippen LogP contribution is 2.28. The average Bonchev–Trinajstić information content (AvgIpc) is 2.94. The summed E-state index contributed by atoms with van der Waals surface area (Å²) in [7, 11) is 1.41. The number of ether oxygens (including phenoxy) is 3. The first-order chi connectivity index (χ1) is 18.1. The van der Waals surface area contributed by atoms with Crippen LogP contribution in [-0.4, -0.2) is 24.7 Å². The Kier molecular flexibility index (Phi) is 9.30. The van der Waals surface area contributed by atoms with Gasteiger partial charge in [-0.25, -0.2) is 0 Å². The maximum atomic E-state index is 11.3. The zero-order chi connectivity index (χ0) is 25.9. The number of hydrogen-bond donors (Lipinski definition) is 0. The second-order valence-corrected chi connectivity index (χ2v) is 8.96. The van der Waals surface area contributed by atoms with E-state index in [1.54, 1.807) is 0 Å². The van der Waals surface area contributed by atoms with Gasteiger partial charge in [-0.3, -0.25) is 9.78 Å². The number of pyridine rings is 1. The highest BCUT2D eigenvalue weighted by atomic mass is 16.5. The van der Waals surface area contributed by atoms with E-state index in [1.165, 1.54) is 18.2 Å². The van der Waals surface area contributed by atoms with E-state index in [9.17, 15) is 4.79 Å². The van der Waals surface area contributed by atoms with E-state index in [-0.39, 0.29) is 5.97 Å². The van der Waals surface area contributed by atoms with Gasteiger partial charge in [-0.15, -0.1) is 0 Å². The molecule has 0 N–H and O–H groups in total. The summed E-state index contributed by atoms with van der Waals surface area (Å²) in [5, 5.41) is 0. The Hall–Kier alpha value is -4.12. The van der Waals surface area contributed by atoms with Crippen LogP contribution in [0.2, 0.25) is 0 Å². The topological polar surface area (TPSA) is 57.7 Å². The van der Waals surface area contributed by atoms with Crippen LogP contribution in [0, 0.1) is 6.92 Å². The van der Waals surface area contributed by atoms with Gasteiger partial charge in [0.05, 0.1) is 13.7 Å². The number of aryl methyl sites for hydroxylation is 3. The molecule has 0 saturated heterocycles. The van der Waals surface area contributed by atoms with Crippen LogP contribution in [0.25, 0.3) is 11.1 Å². The summed E-state index contributed by atoms with van der Waals surface area (Å²) in [6, 6.07) is 28.5. The maximum absolute atomic E-state index is 11.3. The van der Waals surface area contributed by atoms with Crippen LogP contribution in [0.1, 0.15) is 35.2 Å². The van der Waals surface area contributed by atoms with Crippen molar-refractivity contribution in [1.82, 2.24) is 4.98 Å². The average molecular weight is 496 g/mol. The number of aromatic nitrogens is 1. The number of benzene rings is 3. The third kappa shape index (κ3) is 7.94. The molecule has 0 unspecified atom stereocenters. The molecule has 0 aliphatic carbocycles. The number of esters is 1. The first-order valence-corrected chi connectivity index (χ1v) is 12.6. The van der Waals surface area contributed by atoms with E-state index in [0.717, 1.165) is 46.7 Å². The minimum Gasteiger partial charge on any atom is -0.494 e. The fourth-order valence-electron chi connectivity index (χ4n) is 4.14. The fraction of sp³-hybridized carbons (Fsp3) is 0.250. The van der Waals surface area contributed by atoms with Gasteiger partial charge < -0.3 is 14.2 Å². The molecule has 0 aliphatic rings. The van der Waals surface area contributed by atoms with Crippen molar-refractivity contribution in [1.29, 1.82) is 0 Å².